The van der Waals surface area contributed by atoms with E-state index in [0.29, 0.717) is 0 Å². The molecule has 1 amide bonds. The van der Waals surface area contributed by atoms with Crippen molar-refractivity contribution in [3.8, 4) is 0 Å². The maximum absolute atomic E-state index is 11.8. The average molecular weight is 276 g/mol. The van der Waals surface area contributed by atoms with Gasteiger partial charge in [-0.05, 0) is 19.1 Å². The van der Waals surface area contributed by atoms with Gasteiger partial charge >= 0.3 is 11.7 Å². The van der Waals surface area contributed by atoms with Crippen molar-refractivity contribution in [1.82, 2.24) is 15.2 Å². The Bertz CT molecular complexity index is 689. The number of nitrogens with zero attached hydrogens (tertiary/aromatic N) is 1. The summed E-state index contributed by atoms with van der Waals surface area (Å²) in [4.78, 5) is 36.7. The highest BCUT2D eigenvalue weighted by Gasteiger charge is 2.16. The van der Waals surface area contributed by atoms with Gasteiger partial charge in [-0.1, -0.05) is 12.1 Å². The van der Waals surface area contributed by atoms with Crippen LogP contribution in [-0.2, 0) is 4.74 Å². The van der Waals surface area contributed by atoms with Crippen molar-refractivity contribution in [2.75, 3.05) is 11.9 Å². The minimum Gasteiger partial charge on any atom is -0.462 e. The van der Waals surface area contributed by atoms with E-state index in [-0.39, 0.29) is 23.7 Å². The van der Waals surface area contributed by atoms with E-state index in [1.807, 2.05) is 0 Å². The van der Waals surface area contributed by atoms with Gasteiger partial charge in [0.05, 0.1) is 17.9 Å². The number of para-hydroxylation sites is 1. The smallest absolute Gasteiger partial charge is 0.341 e. The number of carbonyl (C=O) groups is 2. The average Bonchev–Trinajstić information content (AvgIpc) is 2.86. The fourth-order valence-corrected chi connectivity index (χ4v) is 1.54. The van der Waals surface area contributed by atoms with E-state index in [0.717, 1.165) is 0 Å². The van der Waals surface area contributed by atoms with E-state index in [4.69, 9.17) is 4.74 Å². The molecule has 20 heavy (non-hydrogen) atoms. The summed E-state index contributed by atoms with van der Waals surface area (Å²) in [5, 5.41) is 8.07. The molecule has 8 heteroatoms. The molecule has 0 saturated carbocycles. The first-order chi connectivity index (χ1) is 9.61. The fourth-order valence-electron chi connectivity index (χ4n) is 1.54. The summed E-state index contributed by atoms with van der Waals surface area (Å²) >= 11 is 0. The Morgan fingerprint density at radius 1 is 1.35 bits per heavy atom. The topological polar surface area (TPSA) is 117 Å². The molecule has 104 valence electrons. The molecule has 0 aliphatic heterocycles. The van der Waals surface area contributed by atoms with Crippen molar-refractivity contribution in [3.05, 3.63) is 46.1 Å². The van der Waals surface area contributed by atoms with Gasteiger partial charge in [0.1, 0.15) is 0 Å². The third-order valence-corrected chi connectivity index (χ3v) is 2.39. The molecule has 0 saturated heterocycles. The van der Waals surface area contributed by atoms with Gasteiger partial charge in [0.2, 0.25) is 5.82 Å². The van der Waals surface area contributed by atoms with Gasteiger partial charge in [0.15, 0.2) is 0 Å². The molecule has 0 unspecified atom stereocenters. The van der Waals surface area contributed by atoms with Gasteiger partial charge in [-0.25, -0.2) is 14.7 Å². The normalized spacial score (nSPS) is 10.1. The number of rotatable bonds is 4. The molecule has 1 aromatic heterocycles. The molecular weight excluding hydrogens is 264 g/mol. The van der Waals surface area contributed by atoms with Crippen molar-refractivity contribution in [3.63, 3.8) is 0 Å². The minimum atomic E-state index is -0.639. The van der Waals surface area contributed by atoms with E-state index in [1.54, 1.807) is 25.1 Å². The van der Waals surface area contributed by atoms with Crippen LogP contribution in [0.3, 0.4) is 0 Å². The lowest BCUT2D eigenvalue weighted by molar-refractivity contribution is 0.0527. The molecule has 0 atom stereocenters. The minimum absolute atomic E-state index is 0.173. The second-order valence-electron chi connectivity index (χ2n) is 3.75. The summed E-state index contributed by atoms with van der Waals surface area (Å²) in [6.07, 6.45) is 0. The maximum atomic E-state index is 11.8. The largest absolute Gasteiger partial charge is 0.462 e. The Morgan fingerprint density at radius 2 is 2.10 bits per heavy atom. The Balaban J connectivity index is 2.23. The third kappa shape index (κ3) is 2.91. The van der Waals surface area contributed by atoms with Crippen LogP contribution in [0.2, 0.25) is 0 Å². The highest BCUT2D eigenvalue weighted by Crippen LogP contribution is 2.16. The molecule has 0 aliphatic carbocycles. The van der Waals surface area contributed by atoms with E-state index in [9.17, 15) is 14.4 Å². The first-order valence-corrected chi connectivity index (χ1v) is 5.84. The molecule has 0 fully saturated rings. The van der Waals surface area contributed by atoms with Gasteiger partial charge in [-0.3, -0.25) is 9.78 Å². The third-order valence-electron chi connectivity index (χ3n) is 2.39. The maximum Gasteiger partial charge on any atom is 0.341 e. The Kier molecular flexibility index (Phi) is 3.94. The number of ether oxygens (including phenoxy) is 1. The molecule has 2 aromatic rings. The van der Waals surface area contributed by atoms with Crippen LogP contribution in [0.1, 0.15) is 27.9 Å². The van der Waals surface area contributed by atoms with E-state index in [2.05, 4.69) is 20.5 Å². The first kappa shape index (κ1) is 13.5. The van der Waals surface area contributed by atoms with Gasteiger partial charge in [-0.2, -0.15) is 0 Å². The summed E-state index contributed by atoms with van der Waals surface area (Å²) in [6.45, 7) is 1.92. The second-order valence-corrected chi connectivity index (χ2v) is 3.75. The molecule has 1 aromatic carbocycles. The molecule has 1 heterocycles. The van der Waals surface area contributed by atoms with Gasteiger partial charge in [-0.15, -0.1) is 5.10 Å². The lowest BCUT2D eigenvalue weighted by atomic mass is 10.2. The zero-order valence-corrected chi connectivity index (χ0v) is 10.6. The molecule has 0 radical (unpaired) electrons. The lowest BCUT2D eigenvalue weighted by Gasteiger charge is -2.08. The van der Waals surface area contributed by atoms with Crippen molar-refractivity contribution < 1.29 is 14.3 Å². The number of esters is 1. The lowest BCUT2D eigenvalue weighted by Crippen LogP contribution is -2.17. The Labute approximate surface area is 113 Å². The molecule has 3 N–H and O–H groups in total. The number of carbonyl (C=O) groups excluding carboxylic acids is 2. The summed E-state index contributed by atoms with van der Waals surface area (Å²) in [6, 6.07) is 6.39. The quantitative estimate of drug-likeness (QED) is 0.704. The van der Waals surface area contributed by atoms with E-state index >= 15 is 0 Å². The number of hydrogen-bond donors (Lipinski definition) is 3. The molecule has 0 bridgehead atoms. The first-order valence-electron chi connectivity index (χ1n) is 5.84. The van der Waals surface area contributed by atoms with E-state index < -0.39 is 17.6 Å². The highest BCUT2D eigenvalue weighted by atomic mass is 16.5. The number of aromatic amines is 2. The second kappa shape index (κ2) is 5.83. The Morgan fingerprint density at radius 3 is 2.75 bits per heavy atom. The summed E-state index contributed by atoms with van der Waals surface area (Å²) < 4.78 is 4.89. The summed E-state index contributed by atoms with van der Waals surface area (Å²) in [5.74, 6) is -1.35. The number of nitrogens with one attached hydrogen (secondary N) is 3. The fraction of sp³-hybridized carbons (Fsp3) is 0.167. The molecule has 8 nitrogen and oxygen atoms in total. The van der Waals surface area contributed by atoms with Crippen molar-refractivity contribution in [1.29, 1.82) is 0 Å². The summed E-state index contributed by atoms with van der Waals surface area (Å²) in [7, 11) is 0. The molecular formula is C12H12N4O4. The standard InChI is InChI=1S/C12H12N4O4/c1-2-20-11(18)7-5-3-4-6-8(7)13-10(17)9-14-12(19)16-15-9/h3-6H,2H2,1H3,(H,13,17)(H2,14,15,16,19). The monoisotopic (exact) mass is 276 g/mol. The SMILES string of the molecule is CCOC(=O)c1ccccc1NC(=O)c1n[nH]c(=O)[nH]1. The van der Waals surface area contributed by atoms with Crippen LogP contribution in [0.5, 0.6) is 0 Å². The van der Waals surface area contributed by atoms with E-state index in [1.165, 1.54) is 6.07 Å². The Hall–Kier alpha value is -2.90. The number of aromatic nitrogens is 3. The van der Waals surface area contributed by atoms with Crippen LogP contribution in [0.25, 0.3) is 0 Å². The molecule has 2 rings (SSSR count). The van der Waals surface area contributed by atoms with Gasteiger partial charge < -0.3 is 10.1 Å². The zero-order chi connectivity index (χ0) is 14.5. The molecule has 0 aliphatic rings. The predicted octanol–water partition coefficient (Wildman–Crippen LogP) is 0.527. The van der Waals surface area contributed by atoms with Gasteiger partial charge in [0, 0.05) is 0 Å². The number of benzene rings is 1. The van der Waals surface area contributed by atoms with Crippen LogP contribution in [0, 0.1) is 0 Å². The van der Waals surface area contributed by atoms with Crippen LogP contribution < -0.4 is 11.0 Å². The van der Waals surface area contributed by atoms with Gasteiger partial charge in [0.25, 0.3) is 5.91 Å². The van der Waals surface area contributed by atoms with Crippen LogP contribution in [-0.4, -0.2) is 33.7 Å². The molecule has 0 spiro atoms. The number of anilines is 1. The van der Waals surface area contributed by atoms with Crippen molar-refractivity contribution in [2.45, 2.75) is 6.92 Å². The van der Waals surface area contributed by atoms with Crippen molar-refractivity contribution >= 4 is 17.6 Å². The number of amides is 1. The zero-order valence-electron chi connectivity index (χ0n) is 10.6. The van der Waals surface area contributed by atoms with Crippen LogP contribution in [0.15, 0.2) is 29.1 Å². The van der Waals surface area contributed by atoms with Crippen LogP contribution >= 0.6 is 0 Å². The summed E-state index contributed by atoms with van der Waals surface area (Å²) in [5.41, 5.74) is -0.0887. The number of H-pyrrole nitrogens is 2. The number of hydrogen-bond acceptors (Lipinski definition) is 5. The predicted molar refractivity (Wildman–Crippen MR) is 69.6 cm³/mol. The van der Waals surface area contributed by atoms with Crippen molar-refractivity contribution in [2.24, 2.45) is 0 Å². The highest BCUT2D eigenvalue weighted by molar-refractivity contribution is 6.06. The van der Waals surface area contributed by atoms with Crippen LogP contribution in [0.4, 0.5) is 5.69 Å².